The first kappa shape index (κ1) is 17.3. The van der Waals surface area contributed by atoms with E-state index >= 15 is 0 Å². The predicted molar refractivity (Wildman–Crippen MR) is 107 cm³/mol. The largest absolute Gasteiger partial charge is 0.508 e. The van der Waals surface area contributed by atoms with Gasteiger partial charge in [0.1, 0.15) is 5.76 Å². The minimum absolute atomic E-state index is 0.0602. The molecule has 0 amide bonds. The molecule has 0 spiro atoms. The zero-order valence-electron chi connectivity index (χ0n) is 14.6. The molecular formula is C22H20N2O2. The van der Waals surface area contributed by atoms with Crippen molar-refractivity contribution in [2.75, 3.05) is 5.32 Å². The van der Waals surface area contributed by atoms with Gasteiger partial charge in [0, 0.05) is 22.3 Å². The second-order valence-corrected chi connectivity index (χ2v) is 5.97. The van der Waals surface area contributed by atoms with Crippen molar-refractivity contribution in [3.63, 3.8) is 0 Å². The summed E-state index contributed by atoms with van der Waals surface area (Å²) in [7, 11) is 0. The quantitative estimate of drug-likeness (QED) is 0.431. The van der Waals surface area contributed by atoms with Crippen LogP contribution >= 0.6 is 0 Å². The van der Waals surface area contributed by atoms with E-state index < -0.39 is 0 Å². The van der Waals surface area contributed by atoms with Gasteiger partial charge in [0.05, 0.1) is 6.20 Å². The molecule has 1 aromatic heterocycles. The molecule has 4 heteroatoms. The summed E-state index contributed by atoms with van der Waals surface area (Å²) in [6, 6.07) is 12.0. The van der Waals surface area contributed by atoms with Crippen LogP contribution in [0.2, 0.25) is 0 Å². The highest BCUT2D eigenvalue weighted by Crippen LogP contribution is 2.29. The van der Waals surface area contributed by atoms with E-state index in [9.17, 15) is 5.11 Å². The lowest BCUT2D eigenvalue weighted by atomic mass is 9.99. The van der Waals surface area contributed by atoms with Crippen LogP contribution in [0.3, 0.4) is 0 Å². The molecule has 2 N–H and O–H groups in total. The standard InChI is InChI=1S/C22H20N2O2/c1-5-6-20(16(4)25)15(3)24-19-9-7-17(8-10-19)21-12-22-18(11-14(21)2)13-23-26-22/h5-13,24-25H,1,3-4H2,2H3/b20-6-. The molecule has 0 fully saturated rings. The molecular weight excluding hydrogens is 324 g/mol. The molecule has 0 saturated heterocycles. The Kier molecular flexibility index (Phi) is 4.76. The molecule has 1 heterocycles. The number of hydrogen-bond acceptors (Lipinski definition) is 4. The topological polar surface area (TPSA) is 58.3 Å². The van der Waals surface area contributed by atoms with Gasteiger partial charge < -0.3 is 14.9 Å². The minimum atomic E-state index is -0.0602. The molecule has 2 aromatic carbocycles. The van der Waals surface area contributed by atoms with Crippen LogP contribution in [0.25, 0.3) is 22.1 Å². The zero-order valence-corrected chi connectivity index (χ0v) is 14.6. The fourth-order valence-electron chi connectivity index (χ4n) is 2.80. The lowest BCUT2D eigenvalue weighted by Crippen LogP contribution is -2.03. The molecule has 4 nitrogen and oxygen atoms in total. The van der Waals surface area contributed by atoms with Gasteiger partial charge in [-0.25, -0.2) is 0 Å². The van der Waals surface area contributed by atoms with E-state index in [0.717, 1.165) is 33.3 Å². The van der Waals surface area contributed by atoms with Crippen molar-refractivity contribution in [2.24, 2.45) is 0 Å². The predicted octanol–water partition coefficient (Wildman–Crippen LogP) is 5.91. The third-order valence-electron chi connectivity index (χ3n) is 4.11. The van der Waals surface area contributed by atoms with Gasteiger partial charge in [-0.15, -0.1) is 0 Å². The maximum Gasteiger partial charge on any atom is 0.167 e. The van der Waals surface area contributed by atoms with Gasteiger partial charge in [0.25, 0.3) is 0 Å². The molecule has 130 valence electrons. The van der Waals surface area contributed by atoms with E-state index in [1.165, 1.54) is 0 Å². The summed E-state index contributed by atoms with van der Waals surface area (Å²) < 4.78 is 5.26. The van der Waals surface area contributed by atoms with Gasteiger partial charge in [0.2, 0.25) is 0 Å². The number of aliphatic hydroxyl groups excluding tert-OH is 1. The van der Waals surface area contributed by atoms with Crippen LogP contribution in [0.15, 0.2) is 96.0 Å². The SMILES string of the molecule is C=C/C=C(\C(=C)O)C(=C)Nc1ccc(-c2cc3oncc3cc2C)cc1. The molecule has 3 aromatic rings. The smallest absolute Gasteiger partial charge is 0.167 e. The Morgan fingerprint density at radius 1 is 1.19 bits per heavy atom. The molecule has 0 unspecified atom stereocenters. The first-order chi connectivity index (χ1) is 12.5. The van der Waals surface area contributed by atoms with Crippen LogP contribution in [0.5, 0.6) is 0 Å². The number of aromatic nitrogens is 1. The van der Waals surface area contributed by atoms with Gasteiger partial charge in [-0.05, 0) is 54.0 Å². The van der Waals surface area contributed by atoms with Crippen molar-refractivity contribution >= 4 is 16.7 Å². The summed E-state index contributed by atoms with van der Waals surface area (Å²) in [4.78, 5) is 0. The lowest BCUT2D eigenvalue weighted by Gasteiger charge is -2.13. The number of anilines is 1. The average molecular weight is 344 g/mol. The van der Waals surface area contributed by atoms with Crippen LogP contribution in [-0.2, 0) is 0 Å². The number of hydrogen-bond donors (Lipinski definition) is 2. The second kappa shape index (κ2) is 7.15. The van der Waals surface area contributed by atoms with Crippen molar-refractivity contribution < 1.29 is 9.63 Å². The zero-order chi connectivity index (χ0) is 18.7. The van der Waals surface area contributed by atoms with E-state index in [1.807, 2.05) is 30.3 Å². The van der Waals surface area contributed by atoms with Crippen LogP contribution in [0.4, 0.5) is 5.69 Å². The van der Waals surface area contributed by atoms with Crippen LogP contribution in [-0.4, -0.2) is 10.3 Å². The Hall–Kier alpha value is -3.53. The van der Waals surface area contributed by atoms with Gasteiger partial charge in [0.15, 0.2) is 5.58 Å². The highest BCUT2D eigenvalue weighted by Gasteiger charge is 2.09. The number of aliphatic hydroxyl groups is 1. The molecule has 0 aliphatic heterocycles. The summed E-state index contributed by atoms with van der Waals surface area (Å²) in [5.41, 5.74) is 6.00. The summed E-state index contributed by atoms with van der Waals surface area (Å²) in [6.45, 7) is 13.2. The van der Waals surface area contributed by atoms with Gasteiger partial charge >= 0.3 is 0 Å². The number of benzene rings is 2. The number of nitrogens with zero attached hydrogens (tertiary/aromatic N) is 1. The van der Waals surface area contributed by atoms with E-state index in [2.05, 4.69) is 43.2 Å². The second-order valence-electron chi connectivity index (χ2n) is 5.97. The van der Waals surface area contributed by atoms with Crippen molar-refractivity contribution in [2.45, 2.75) is 6.92 Å². The molecule has 0 aliphatic rings. The molecule has 3 rings (SSSR count). The normalized spacial score (nSPS) is 11.3. The first-order valence-electron chi connectivity index (χ1n) is 8.12. The van der Waals surface area contributed by atoms with E-state index in [1.54, 1.807) is 18.3 Å². The number of allylic oxidation sites excluding steroid dienone is 2. The average Bonchev–Trinajstić information content (AvgIpc) is 3.06. The van der Waals surface area contributed by atoms with E-state index in [-0.39, 0.29) is 5.76 Å². The van der Waals surface area contributed by atoms with Crippen molar-refractivity contribution in [3.05, 3.63) is 97.1 Å². The Labute approximate surface area is 152 Å². The summed E-state index contributed by atoms with van der Waals surface area (Å²) in [6.07, 6.45) is 4.95. The Bertz CT molecular complexity index is 1020. The first-order valence-corrected chi connectivity index (χ1v) is 8.12. The van der Waals surface area contributed by atoms with Gasteiger partial charge in [-0.3, -0.25) is 0 Å². The molecule has 0 aliphatic carbocycles. The molecule has 26 heavy (non-hydrogen) atoms. The third kappa shape index (κ3) is 3.44. The fourth-order valence-corrected chi connectivity index (χ4v) is 2.80. The summed E-state index contributed by atoms with van der Waals surface area (Å²) >= 11 is 0. The Balaban J connectivity index is 1.85. The van der Waals surface area contributed by atoms with Crippen molar-refractivity contribution in [1.29, 1.82) is 0 Å². The lowest BCUT2D eigenvalue weighted by molar-refractivity contribution is 0.428. The monoisotopic (exact) mass is 344 g/mol. The van der Waals surface area contributed by atoms with Gasteiger partial charge in [-0.1, -0.05) is 43.1 Å². The molecule has 0 saturated carbocycles. The number of fused-ring (bicyclic) bond motifs is 1. The molecule has 0 radical (unpaired) electrons. The summed E-state index contributed by atoms with van der Waals surface area (Å²) in [5, 5.41) is 17.7. The molecule has 0 bridgehead atoms. The highest BCUT2D eigenvalue weighted by molar-refractivity contribution is 5.84. The van der Waals surface area contributed by atoms with Gasteiger partial charge in [-0.2, -0.15) is 0 Å². The fraction of sp³-hybridized carbons (Fsp3) is 0.0455. The van der Waals surface area contributed by atoms with Crippen molar-refractivity contribution in [1.82, 2.24) is 5.16 Å². The summed E-state index contributed by atoms with van der Waals surface area (Å²) in [5.74, 6) is -0.0602. The minimum Gasteiger partial charge on any atom is -0.508 e. The van der Waals surface area contributed by atoms with E-state index in [0.29, 0.717) is 11.3 Å². The maximum atomic E-state index is 9.66. The van der Waals surface area contributed by atoms with Crippen molar-refractivity contribution in [3.8, 4) is 11.1 Å². The van der Waals surface area contributed by atoms with Crippen LogP contribution < -0.4 is 5.32 Å². The van der Waals surface area contributed by atoms with Crippen LogP contribution in [0.1, 0.15) is 5.56 Å². The Morgan fingerprint density at radius 2 is 1.92 bits per heavy atom. The van der Waals surface area contributed by atoms with Crippen LogP contribution in [0, 0.1) is 6.92 Å². The Morgan fingerprint density at radius 3 is 2.58 bits per heavy atom. The number of nitrogens with one attached hydrogen (secondary N) is 1. The number of rotatable bonds is 6. The van der Waals surface area contributed by atoms with E-state index in [4.69, 9.17) is 4.52 Å². The highest BCUT2D eigenvalue weighted by atomic mass is 16.5. The molecule has 0 atom stereocenters. The number of aryl methyl sites for hydroxylation is 1. The third-order valence-corrected chi connectivity index (χ3v) is 4.11. The maximum absolute atomic E-state index is 9.66.